The van der Waals surface area contributed by atoms with E-state index in [1.165, 1.54) is 11.1 Å². The summed E-state index contributed by atoms with van der Waals surface area (Å²) >= 11 is -4.20. The molecular formula is C26H31FSn. The van der Waals surface area contributed by atoms with E-state index >= 15 is 2.87 Å². The maximum absolute atomic E-state index is 17.1. The average molecular weight is 481 g/mol. The van der Waals surface area contributed by atoms with Gasteiger partial charge in [0.1, 0.15) is 0 Å². The molecule has 0 unspecified atom stereocenters. The summed E-state index contributed by atoms with van der Waals surface area (Å²) in [5.41, 5.74) is 2.08. The minimum atomic E-state index is -4.20. The molecule has 0 saturated carbocycles. The van der Waals surface area contributed by atoms with Crippen LogP contribution in [0.15, 0.2) is 91.0 Å². The molecule has 0 nitrogen and oxygen atoms in total. The Labute approximate surface area is 174 Å². The molecule has 3 aromatic rings. The van der Waals surface area contributed by atoms with E-state index in [4.69, 9.17) is 0 Å². The van der Waals surface area contributed by atoms with E-state index in [0.717, 1.165) is 3.58 Å². The van der Waals surface area contributed by atoms with Crippen molar-refractivity contribution in [1.82, 2.24) is 0 Å². The van der Waals surface area contributed by atoms with Crippen LogP contribution in [0.2, 0.25) is 8.87 Å². The summed E-state index contributed by atoms with van der Waals surface area (Å²) in [5.74, 6) is 0. The molecule has 3 rings (SSSR count). The van der Waals surface area contributed by atoms with E-state index in [-0.39, 0.29) is 10.8 Å². The van der Waals surface area contributed by atoms with Gasteiger partial charge in [0, 0.05) is 0 Å². The van der Waals surface area contributed by atoms with Gasteiger partial charge in [-0.3, -0.25) is 0 Å². The summed E-state index contributed by atoms with van der Waals surface area (Å²) in [5, 5.41) is 0. The summed E-state index contributed by atoms with van der Waals surface area (Å²) in [4.78, 5) is 0. The van der Waals surface area contributed by atoms with E-state index in [1.807, 2.05) is 42.5 Å². The van der Waals surface area contributed by atoms with E-state index < -0.39 is 18.9 Å². The van der Waals surface area contributed by atoms with Gasteiger partial charge in [-0.2, -0.15) is 0 Å². The quantitative estimate of drug-likeness (QED) is 0.327. The Kier molecular flexibility index (Phi) is 6.34. The van der Waals surface area contributed by atoms with Gasteiger partial charge in [0.2, 0.25) is 0 Å². The van der Waals surface area contributed by atoms with Crippen molar-refractivity contribution >= 4 is 22.5 Å². The first kappa shape index (κ1) is 21.1. The van der Waals surface area contributed by atoms with Crippen LogP contribution in [0.3, 0.4) is 0 Å². The van der Waals surface area contributed by atoms with Crippen molar-refractivity contribution in [1.29, 1.82) is 0 Å². The molecule has 0 aromatic heterocycles. The second kappa shape index (κ2) is 8.40. The number of benzene rings is 3. The Morgan fingerprint density at radius 1 is 0.571 bits per heavy atom. The van der Waals surface area contributed by atoms with Gasteiger partial charge >= 0.3 is 175 Å². The Morgan fingerprint density at radius 3 is 1.25 bits per heavy atom. The van der Waals surface area contributed by atoms with Crippen LogP contribution >= 0.6 is 0 Å². The zero-order valence-electron chi connectivity index (χ0n) is 17.5. The van der Waals surface area contributed by atoms with Crippen LogP contribution in [0.1, 0.15) is 38.8 Å². The third-order valence-corrected chi connectivity index (χ3v) is 18.0. The normalized spacial score (nSPS) is 12.8. The third-order valence-electron chi connectivity index (χ3n) is 5.85. The van der Waals surface area contributed by atoms with Gasteiger partial charge in [-0.05, 0) is 0 Å². The van der Waals surface area contributed by atoms with Crippen molar-refractivity contribution in [3.8, 4) is 0 Å². The molecule has 0 saturated heterocycles. The fourth-order valence-electron chi connectivity index (χ4n) is 4.39. The molecule has 146 valence electrons. The van der Waals surface area contributed by atoms with Crippen molar-refractivity contribution in [2.75, 3.05) is 0 Å². The summed E-state index contributed by atoms with van der Waals surface area (Å²) in [6.07, 6.45) is 0. The number of halogens is 1. The van der Waals surface area contributed by atoms with Crippen molar-refractivity contribution in [3.05, 3.63) is 102 Å². The maximum atomic E-state index is 17.1. The van der Waals surface area contributed by atoms with Crippen LogP contribution in [0.25, 0.3) is 0 Å². The van der Waals surface area contributed by atoms with Crippen LogP contribution in [-0.2, 0) is 10.8 Å². The van der Waals surface area contributed by atoms with Crippen molar-refractivity contribution in [3.63, 3.8) is 0 Å². The fraction of sp³-hybridized carbons (Fsp3) is 0.308. The molecule has 0 aliphatic heterocycles. The molecule has 0 aliphatic rings. The molecule has 2 heteroatoms. The standard InChI is InChI=1S/2C10H13.C6H5.FH.Sn/c2*1-10(2,3)9-7-5-4-6-8-9;1-2-4-6-5-3-1;;/h2*4-8H,1H2,2-3H3;1-5H;1H;/q;;;;+1/p-1. The first-order valence-electron chi connectivity index (χ1n) is 10.1. The predicted octanol–water partition coefficient (Wildman–Crippen LogP) is 6.76. The zero-order chi connectivity index (χ0) is 20.3. The van der Waals surface area contributed by atoms with Crippen LogP contribution in [0.5, 0.6) is 0 Å². The molecule has 28 heavy (non-hydrogen) atoms. The first-order valence-corrected chi connectivity index (χ1v) is 16.6. The minimum absolute atomic E-state index is 0.186. The molecule has 0 N–H and O–H groups in total. The predicted molar refractivity (Wildman–Crippen MR) is 121 cm³/mol. The van der Waals surface area contributed by atoms with Crippen LogP contribution in [-0.4, -0.2) is 18.9 Å². The Morgan fingerprint density at radius 2 is 0.893 bits per heavy atom. The van der Waals surface area contributed by atoms with Crippen molar-refractivity contribution < 1.29 is 2.87 Å². The van der Waals surface area contributed by atoms with Crippen LogP contribution in [0.4, 0.5) is 2.87 Å². The molecular weight excluding hydrogens is 450 g/mol. The molecule has 0 heterocycles. The van der Waals surface area contributed by atoms with Crippen molar-refractivity contribution in [2.45, 2.75) is 47.4 Å². The Bertz CT molecular complexity index is 817. The monoisotopic (exact) mass is 482 g/mol. The number of rotatable bonds is 7. The topological polar surface area (TPSA) is 0 Å². The van der Waals surface area contributed by atoms with E-state index in [2.05, 4.69) is 76.2 Å². The van der Waals surface area contributed by atoms with E-state index in [0.29, 0.717) is 8.87 Å². The average Bonchev–Trinajstić information content (AvgIpc) is 2.69. The summed E-state index contributed by atoms with van der Waals surface area (Å²) in [7, 11) is 0. The van der Waals surface area contributed by atoms with Gasteiger partial charge < -0.3 is 0 Å². The van der Waals surface area contributed by atoms with Crippen molar-refractivity contribution in [2.24, 2.45) is 0 Å². The van der Waals surface area contributed by atoms with Crippen LogP contribution < -0.4 is 3.58 Å². The molecule has 0 radical (unpaired) electrons. The second-order valence-corrected chi connectivity index (χ2v) is 18.4. The molecule has 0 bridgehead atoms. The second-order valence-electron chi connectivity index (χ2n) is 9.18. The molecule has 0 spiro atoms. The van der Waals surface area contributed by atoms with Gasteiger partial charge in [0.25, 0.3) is 0 Å². The van der Waals surface area contributed by atoms with Gasteiger partial charge in [-0.25, -0.2) is 0 Å². The molecule has 0 atom stereocenters. The van der Waals surface area contributed by atoms with E-state index in [9.17, 15) is 0 Å². The Balaban J connectivity index is 1.99. The third kappa shape index (κ3) is 4.86. The summed E-state index contributed by atoms with van der Waals surface area (Å²) < 4.78 is 19.4. The van der Waals surface area contributed by atoms with Gasteiger partial charge in [-0.1, -0.05) is 0 Å². The summed E-state index contributed by atoms with van der Waals surface area (Å²) in [6, 6.07) is 30.9. The molecule has 3 aromatic carbocycles. The number of hydrogen-bond acceptors (Lipinski definition) is 0. The Hall–Kier alpha value is -1.61. The van der Waals surface area contributed by atoms with Gasteiger partial charge in [-0.15, -0.1) is 0 Å². The molecule has 0 aliphatic carbocycles. The molecule has 0 amide bonds. The number of hydrogen-bond donors (Lipinski definition) is 0. The van der Waals surface area contributed by atoms with Gasteiger partial charge in [0.15, 0.2) is 0 Å². The summed E-state index contributed by atoms with van der Waals surface area (Å²) in [6.45, 7) is 8.80. The fourth-order valence-corrected chi connectivity index (χ4v) is 17.3. The van der Waals surface area contributed by atoms with E-state index in [1.54, 1.807) is 0 Å². The zero-order valence-corrected chi connectivity index (χ0v) is 20.3. The SMILES string of the molecule is CC(C)([CH2][Sn]([F])([CH2]C(C)(C)c1ccccc1)[c]1ccccc1)c1ccccc1. The first-order chi connectivity index (χ1) is 13.2. The van der Waals surface area contributed by atoms with Crippen LogP contribution in [0, 0.1) is 0 Å². The van der Waals surface area contributed by atoms with Gasteiger partial charge in [0.05, 0.1) is 0 Å². The molecule has 0 fully saturated rings.